The molecule has 178 valence electrons. The van der Waals surface area contributed by atoms with Gasteiger partial charge in [0.1, 0.15) is 0 Å². The van der Waals surface area contributed by atoms with Crippen LogP contribution in [0.25, 0.3) is 11.8 Å². The van der Waals surface area contributed by atoms with Gasteiger partial charge >= 0.3 is 0 Å². The second-order valence-electron chi connectivity index (χ2n) is 9.94. The normalized spacial score (nSPS) is 15.4. The molecule has 0 N–H and O–H groups in total. The van der Waals surface area contributed by atoms with Crippen molar-refractivity contribution >= 4 is 17.5 Å². The van der Waals surface area contributed by atoms with Gasteiger partial charge < -0.3 is 0 Å². The third-order valence-corrected chi connectivity index (χ3v) is 6.30. The summed E-state index contributed by atoms with van der Waals surface area (Å²) < 4.78 is 0. The summed E-state index contributed by atoms with van der Waals surface area (Å²) in [6.07, 6.45) is 11.9. The zero-order valence-corrected chi connectivity index (χ0v) is 22.0. The zero-order chi connectivity index (χ0) is 24.2. The van der Waals surface area contributed by atoms with Crippen molar-refractivity contribution in [2.75, 3.05) is 0 Å². The van der Waals surface area contributed by atoms with Crippen LogP contribution in [-0.4, -0.2) is 5.71 Å². The molecular weight excluding hydrogens is 398 g/mol. The van der Waals surface area contributed by atoms with Crippen molar-refractivity contribution in [2.24, 2.45) is 10.9 Å². The van der Waals surface area contributed by atoms with Crippen LogP contribution in [0.5, 0.6) is 0 Å². The quantitative estimate of drug-likeness (QED) is 0.408. The molecule has 1 nitrogen and oxygen atoms in total. The van der Waals surface area contributed by atoms with Gasteiger partial charge in [-0.3, -0.25) is 4.99 Å². The zero-order valence-electron chi connectivity index (χ0n) is 22.0. The molecular formula is C32H45N. The Labute approximate surface area is 203 Å². The first-order chi connectivity index (χ1) is 15.8. The van der Waals surface area contributed by atoms with Crippen molar-refractivity contribution in [3.05, 3.63) is 82.9 Å². The van der Waals surface area contributed by atoms with Gasteiger partial charge in [-0.05, 0) is 60.3 Å². The monoisotopic (exact) mass is 443 g/mol. The third-order valence-electron chi connectivity index (χ3n) is 6.30. The van der Waals surface area contributed by atoms with Crippen molar-refractivity contribution in [2.45, 2.75) is 92.4 Å². The van der Waals surface area contributed by atoms with Crippen LogP contribution in [-0.2, 0) is 0 Å². The van der Waals surface area contributed by atoms with Gasteiger partial charge in [0.2, 0.25) is 0 Å². The van der Waals surface area contributed by atoms with Crippen LogP contribution < -0.4 is 0 Å². The fourth-order valence-electron chi connectivity index (χ4n) is 3.59. The Hall–Kier alpha value is -2.41. The smallest absolute Gasteiger partial charge is 0.0633 e. The highest BCUT2D eigenvalue weighted by Crippen LogP contribution is 2.28. The van der Waals surface area contributed by atoms with Crippen LogP contribution in [0.2, 0.25) is 0 Å². The van der Waals surface area contributed by atoms with Crippen molar-refractivity contribution in [3.8, 4) is 0 Å². The number of hydrogen-bond acceptors (Lipinski definition) is 1. The summed E-state index contributed by atoms with van der Waals surface area (Å²) in [6.45, 7) is 17.2. The van der Waals surface area contributed by atoms with Gasteiger partial charge in [-0.15, -0.1) is 0 Å². The summed E-state index contributed by atoms with van der Waals surface area (Å²) in [6, 6.07) is 17.2. The molecule has 0 amide bonds. The minimum absolute atomic E-state index is 0.551. The molecule has 33 heavy (non-hydrogen) atoms. The first-order valence-corrected chi connectivity index (χ1v) is 13.0. The second kappa shape index (κ2) is 14.0. The largest absolute Gasteiger partial charge is 0.253 e. The fraction of sp³-hybridized carbons (Fsp3) is 0.469. The lowest BCUT2D eigenvalue weighted by Crippen LogP contribution is -2.04. The van der Waals surface area contributed by atoms with E-state index in [4.69, 9.17) is 4.99 Å². The average molecular weight is 444 g/mol. The number of allylic oxidation sites excluding steroid dienone is 1. The Morgan fingerprint density at radius 3 is 1.85 bits per heavy atom. The summed E-state index contributed by atoms with van der Waals surface area (Å²) in [5, 5.41) is 0. The SMILES string of the molecule is C=C(N=C(C)c1ccc(C(C)C)cc1)c1ccc(C=C2CCC2)cc1.CC1CCC1.CCC. The fourth-order valence-corrected chi connectivity index (χ4v) is 3.59. The van der Waals surface area contributed by atoms with Gasteiger partial charge in [0.05, 0.1) is 5.70 Å². The van der Waals surface area contributed by atoms with Crippen LogP contribution in [0.3, 0.4) is 0 Å². The molecule has 4 rings (SSSR count). The third kappa shape index (κ3) is 9.16. The molecule has 0 radical (unpaired) electrons. The summed E-state index contributed by atoms with van der Waals surface area (Å²) in [4.78, 5) is 4.72. The van der Waals surface area contributed by atoms with Gasteiger partial charge in [-0.25, -0.2) is 0 Å². The molecule has 2 fully saturated rings. The van der Waals surface area contributed by atoms with Crippen LogP contribution >= 0.6 is 0 Å². The van der Waals surface area contributed by atoms with Crippen LogP contribution in [0, 0.1) is 5.92 Å². The molecule has 0 spiro atoms. The molecule has 0 saturated heterocycles. The predicted octanol–water partition coefficient (Wildman–Crippen LogP) is 10.1. The van der Waals surface area contributed by atoms with Gasteiger partial charge in [0.15, 0.2) is 0 Å². The molecule has 0 unspecified atom stereocenters. The highest BCUT2D eigenvalue weighted by atomic mass is 14.7. The molecule has 2 aromatic rings. The summed E-state index contributed by atoms with van der Waals surface area (Å²) in [5.41, 5.74) is 8.23. The van der Waals surface area contributed by atoms with E-state index in [1.165, 1.54) is 56.1 Å². The first kappa shape index (κ1) is 26.8. The van der Waals surface area contributed by atoms with E-state index in [9.17, 15) is 0 Å². The number of benzene rings is 2. The maximum absolute atomic E-state index is 4.72. The molecule has 1 heteroatoms. The molecule has 0 heterocycles. The van der Waals surface area contributed by atoms with Gasteiger partial charge in [-0.2, -0.15) is 0 Å². The Balaban J connectivity index is 0.000000410. The maximum atomic E-state index is 4.72. The summed E-state index contributed by atoms with van der Waals surface area (Å²) in [7, 11) is 0. The van der Waals surface area contributed by atoms with Crippen LogP contribution in [0.4, 0.5) is 0 Å². The van der Waals surface area contributed by atoms with Crippen molar-refractivity contribution < 1.29 is 0 Å². The number of aliphatic imine (C=N–C) groups is 1. The van der Waals surface area contributed by atoms with Crippen molar-refractivity contribution in [3.63, 3.8) is 0 Å². The lowest BCUT2D eigenvalue weighted by Gasteiger charge is -2.18. The molecule has 0 atom stereocenters. The van der Waals surface area contributed by atoms with Gasteiger partial charge in [0.25, 0.3) is 0 Å². The maximum Gasteiger partial charge on any atom is 0.0633 e. The number of rotatable bonds is 5. The topological polar surface area (TPSA) is 12.4 Å². The molecule has 0 bridgehead atoms. The van der Waals surface area contributed by atoms with E-state index in [-0.39, 0.29) is 0 Å². The second-order valence-corrected chi connectivity index (χ2v) is 9.94. The molecule has 2 aromatic carbocycles. The van der Waals surface area contributed by atoms with E-state index in [2.05, 4.69) is 95.8 Å². The highest BCUT2D eigenvalue weighted by molar-refractivity contribution is 6.01. The van der Waals surface area contributed by atoms with Crippen LogP contribution in [0.15, 0.2) is 65.7 Å². The molecule has 0 aromatic heterocycles. The van der Waals surface area contributed by atoms with E-state index >= 15 is 0 Å². The van der Waals surface area contributed by atoms with E-state index in [0.717, 1.165) is 28.5 Å². The highest BCUT2D eigenvalue weighted by Gasteiger charge is 2.09. The Kier molecular flexibility index (Phi) is 11.4. The lowest BCUT2D eigenvalue weighted by atomic mass is 9.88. The van der Waals surface area contributed by atoms with Gasteiger partial charge in [0, 0.05) is 5.71 Å². The standard InChI is InChI=1S/C24H27N.C5H10.C3H8/c1-17(2)22-12-14-24(15-13-22)19(4)25-18(3)23-10-8-21(9-11-23)16-20-6-5-7-20;1-5-3-2-4-5;1-3-2/h8-17H,3,5-7H2,1-2,4H3;5H,2-4H2,1H3;3H2,1-2H3. The minimum atomic E-state index is 0.551. The first-order valence-electron chi connectivity index (χ1n) is 13.0. The molecule has 2 aliphatic rings. The average Bonchev–Trinajstić information content (AvgIpc) is 2.76. The number of hydrogen-bond donors (Lipinski definition) is 0. The van der Waals surface area contributed by atoms with E-state index in [1.54, 1.807) is 5.57 Å². The molecule has 2 aliphatic carbocycles. The van der Waals surface area contributed by atoms with Crippen LogP contribution in [0.1, 0.15) is 115 Å². The summed E-state index contributed by atoms with van der Waals surface area (Å²) in [5.74, 6) is 1.62. The minimum Gasteiger partial charge on any atom is -0.253 e. The van der Waals surface area contributed by atoms with Crippen molar-refractivity contribution in [1.82, 2.24) is 0 Å². The van der Waals surface area contributed by atoms with E-state index in [1.807, 2.05) is 6.92 Å². The predicted molar refractivity (Wildman–Crippen MR) is 149 cm³/mol. The Morgan fingerprint density at radius 2 is 1.45 bits per heavy atom. The van der Waals surface area contributed by atoms with Gasteiger partial charge in [-0.1, -0.05) is 127 Å². The molecule has 0 aliphatic heterocycles. The van der Waals surface area contributed by atoms with E-state index in [0.29, 0.717) is 5.92 Å². The number of nitrogens with zero attached hydrogens (tertiary/aromatic N) is 1. The van der Waals surface area contributed by atoms with E-state index < -0.39 is 0 Å². The summed E-state index contributed by atoms with van der Waals surface area (Å²) >= 11 is 0. The Bertz CT molecular complexity index is 900. The lowest BCUT2D eigenvalue weighted by molar-refractivity contribution is 0.346. The Morgan fingerprint density at radius 1 is 0.939 bits per heavy atom. The molecule has 2 saturated carbocycles. The van der Waals surface area contributed by atoms with Crippen molar-refractivity contribution in [1.29, 1.82) is 0 Å².